The van der Waals surface area contributed by atoms with E-state index < -0.39 is 0 Å². The van der Waals surface area contributed by atoms with E-state index in [2.05, 4.69) is 131 Å². The Hall–Kier alpha value is -5.04. The monoisotopic (exact) mass is 574 g/mol. The molecule has 0 saturated heterocycles. The fourth-order valence-electron chi connectivity index (χ4n) is 5.80. The van der Waals surface area contributed by atoms with Crippen molar-refractivity contribution in [2.24, 2.45) is 0 Å². The average Bonchev–Trinajstić information content (AvgIpc) is 3.83. The maximum atomic E-state index is 4.96. The molecule has 7 aromatic rings. The van der Waals surface area contributed by atoms with Gasteiger partial charge >= 0.3 is 0 Å². The minimum Gasteiger partial charge on any atom is -0.355 e. The number of benzene rings is 2. The molecule has 0 spiro atoms. The van der Waals surface area contributed by atoms with Crippen LogP contribution in [0.1, 0.15) is 22.8 Å². The van der Waals surface area contributed by atoms with Crippen LogP contribution in [0.15, 0.2) is 97.1 Å². The molecule has 0 saturated carbocycles. The minimum absolute atomic E-state index is 0.915. The molecule has 4 nitrogen and oxygen atoms in total. The molecule has 0 atom stereocenters. The number of H-pyrrole nitrogens is 2. The molecule has 0 fully saturated rings. The summed E-state index contributed by atoms with van der Waals surface area (Å²) in [4.78, 5) is 19.6. The molecule has 2 aromatic carbocycles. The number of nitrogens with one attached hydrogen (secondary N) is 2. The van der Waals surface area contributed by atoms with E-state index >= 15 is 0 Å². The number of fused-ring (bicyclic) bond motifs is 10. The van der Waals surface area contributed by atoms with Crippen molar-refractivity contribution in [1.82, 2.24) is 19.9 Å². The van der Waals surface area contributed by atoms with Crippen LogP contribution in [0.5, 0.6) is 0 Å². The lowest BCUT2D eigenvalue weighted by atomic mass is 10.1. The van der Waals surface area contributed by atoms with Crippen LogP contribution < -0.4 is 0 Å². The predicted octanol–water partition coefficient (Wildman–Crippen LogP) is 10.4. The molecule has 5 aromatic heterocycles. The summed E-state index contributed by atoms with van der Waals surface area (Å²) in [7, 11) is 0. The third kappa shape index (κ3) is 4.04. The van der Waals surface area contributed by atoms with E-state index in [4.69, 9.17) is 9.97 Å². The molecule has 0 aliphatic carbocycles. The summed E-state index contributed by atoms with van der Waals surface area (Å²) in [6.07, 6.45) is 8.31. The van der Waals surface area contributed by atoms with Gasteiger partial charge in [-0.05, 0) is 95.7 Å². The van der Waals surface area contributed by atoms with Crippen molar-refractivity contribution < 1.29 is 0 Å². The molecule has 2 aliphatic rings. The van der Waals surface area contributed by atoms with E-state index in [1.54, 1.807) is 0 Å². The largest absolute Gasteiger partial charge is 0.355 e. The summed E-state index contributed by atoms with van der Waals surface area (Å²) in [6, 6.07) is 34.5. The molecule has 2 aliphatic heterocycles. The molecule has 198 valence electrons. The number of rotatable bonds is 2. The SMILES string of the molecule is C1=Cc2cc3[nH]c(cc4nc(cc5ccc(cc1n2)[nH]5)C=C4)c(-c1cc2ccccc2s1)c3-c1cc2ccccc2s1. The standard InChI is InChI=1S/C36H22N4S2/c1-3-7-31-21(5-1)15-33(41-31)35-29-19-27-13-11-25(38-27)17-23-9-10-24(37-23)18-26-12-14-28(39-26)20-30(40-29)36(35)34-16-22-6-2-4-8-32(22)42-34/h1-20,37,40H. The fraction of sp³-hybridized carbons (Fsp3) is 0. The van der Waals surface area contributed by atoms with Crippen LogP contribution in [0.2, 0.25) is 0 Å². The molecule has 42 heavy (non-hydrogen) atoms. The van der Waals surface area contributed by atoms with Gasteiger partial charge in [-0.3, -0.25) is 0 Å². The van der Waals surface area contributed by atoms with Gasteiger partial charge in [0.25, 0.3) is 0 Å². The van der Waals surface area contributed by atoms with E-state index in [0.29, 0.717) is 0 Å². The summed E-state index contributed by atoms with van der Waals surface area (Å²) in [5.41, 5.74) is 10.2. The summed E-state index contributed by atoms with van der Waals surface area (Å²) >= 11 is 3.66. The highest BCUT2D eigenvalue weighted by atomic mass is 32.1. The van der Waals surface area contributed by atoms with Crippen molar-refractivity contribution in [1.29, 1.82) is 0 Å². The molecular weight excluding hydrogens is 553 g/mol. The van der Waals surface area contributed by atoms with Crippen LogP contribution in [0, 0.1) is 0 Å². The zero-order valence-electron chi connectivity index (χ0n) is 22.3. The maximum absolute atomic E-state index is 4.96. The molecule has 8 bridgehead atoms. The molecule has 7 heterocycles. The second kappa shape index (κ2) is 9.24. The first kappa shape index (κ1) is 23.6. The van der Waals surface area contributed by atoms with Crippen molar-refractivity contribution in [2.45, 2.75) is 0 Å². The Labute approximate surface area is 249 Å². The average molecular weight is 575 g/mol. The Morgan fingerprint density at radius 2 is 0.905 bits per heavy atom. The highest BCUT2D eigenvalue weighted by molar-refractivity contribution is 7.23. The molecule has 6 heteroatoms. The number of hydrogen-bond donors (Lipinski definition) is 2. The smallest absolute Gasteiger partial charge is 0.0658 e. The maximum Gasteiger partial charge on any atom is 0.0658 e. The van der Waals surface area contributed by atoms with Gasteiger partial charge in [0.2, 0.25) is 0 Å². The van der Waals surface area contributed by atoms with Gasteiger partial charge in [0.1, 0.15) is 0 Å². The topological polar surface area (TPSA) is 57.4 Å². The lowest BCUT2D eigenvalue weighted by Gasteiger charge is -2.01. The van der Waals surface area contributed by atoms with E-state index in [0.717, 1.165) is 44.8 Å². The van der Waals surface area contributed by atoms with Crippen LogP contribution in [-0.2, 0) is 0 Å². The quantitative estimate of drug-likeness (QED) is 0.216. The zero-order valence-corrected chi connectivity index (χ0v) is 23.9. The summed E-state index contributed by atoms with van der Waals surface area (Å²) in [5, 5.41) is 2.50. The fourth-order valence-corrected chi connectivity index (χ4v) is 8.06. The van der Waals surface area contributed by atoms with Gasteiger partial charge in [-0.25, -0.2) is 9.97 Å². The Kier molecular flexibility index (Phi) is 5.20. The second-order valence-electron chi connectivity index (χ2n) is 10.5. The lowest BCUT2D eigenvalue weighted by molar-refractivity contribution is 1.31. The summed E-state index contributed by atoms with van der Waals surface area (Å²) in [6.45, 7) is 0. The van der Waals surface area contributed by atoms with Crippen LogP contribution in [0.25, 0.3) is 87.4 Å². The van der Waals surface area contributed by atoms with E-state index in [1.807, 2.05) is 22.7 Å². The Bertz CT molecular complexity index is 2200. The van der Waals surface area contributed by atoms with Gasteiger partial charge in [0, 0.05) is 41.3 Å². The van der Waals surface area contributed by atoms with Gasteiger partial charge in [-0.1, -0.05) is 36.4 Å². The Morgan fingerprint density at radius 3 is 1.38 bits per heavy atom. The van der Waals surface area contributed by atoms with Gasteiger partial charge in [0.05, 0.1) is 33.8 Å². The molecule has 0 unspecified atom stereocenters. The normalized spacial score (nSPS) is 12.6. The highest BCUT2D eigenvalue weighted by Crippen LogP contribution is 2.47. The molecule has 0 radical (unpaired) electrons. The minimum atomic E-state index is 0.915. The summed E-state index contributed by atoms with van der Waals surface area (Å²) < 4.78 is 2.55. The molecule has 9 rings (SSSR count). The first-order chi connectivity index (χ1) is 20.7. The lowest BCUT2D eigenvalue weighted by Crippen LogP contribution is -1.77. The highest BCUT2D eigenvalue weighted by Gasteiger charge is 2.20. The number of thiophene rings is 2. The van der Waals surface area contributed by atoms with Crippen LogP contribution in [-0.4, -0.2) is 19.9 Å². The van der Waals surface area contributed by atoms with E-state index in [9.17, 15) is 0 Å². The van der Waals surface area contributed by atoms with Crippen molar-refractivity contribution >= 4 is 89.2 Å². The number of aromatic amines is 2. The molecule has 0 amide bonds. The van der Waals surface area contributed by atoms with E-state index in [-0.39, 0.29) is 0 Å². The van der Waals surface area contributed by atoms with Crippen LogP contribution in [0.3, 0.4) is 0 Å². The van der Waals surface area contributed by atoms with Crippen LogP contribution in [0.4, 0.5) is 0 Å². The first-order valence-electron chi connectivity index (χ1n) is 13.8. The molecule has 2 N–H and O–H groups in total. The van der Waals surface area contributed by atoms with Gasteiger partial charge in [-0.2, -0.15) is 0 Å². The first-order valence-corrected chi connectivity index (χ1v) is 15.4. The predicted molar refractivity (Wildman–Crippen MR) is 180 cm³/mol. The number of aromatic nitrogens is 4. The third-order valence-corrected chi connectivity index (χ3v) is 9.96. The Balaban J connectivity index is 1.44. The van der Waals surface area contributed by atoms with Gasteiger partial charge in [-0.15, -0.1) is 22.7 Å². The number of nitrogens with zero attached hydrogens (tertiary/aromatic N) is 2. The zero-order chi connectivity index (χ0) is 27.6. The van der Waals surface area contributed by atoms with Crippen molar-refractivity contribution in [3.05, 3.63) is 120 Å². The van der Waals surface area contributed by atoms with Gasteiger partial charge in [0.15, 0.2) is 0 Å². The van der Waals surface area contributed by atoms with Crippen molar-refractivity contribution in [3.8, 4) is 20.9 Å². The van der Waals surface area contributed by atoms with Crippen molar-refractivity contribution in [3.63, 3.8) is 0 Å². The summed E-state index contributed by atoms with van der Waals surface area (Å²) in [5.74, 6) is 0. The second-order valence-corrected chi connectivity index (χ2v) is 12.7. The number of hydrogen-bond acceptors (Lipinski definition) is 4. The molecular formula is C36H22N4S2. The Morgan fingerprint density at radius 1 is 0.452 bits per heavy atom. The van der Waals surface area contributed by atoms with Gasteiger partial charge < -0.3 is 9.97 Å². The third-order valence-electron chi connectivity index (χ3n) is 7.69. The van der Waals surface area contributed by atoms with Crippen LogP contribution >= 0.6 is 22.7 Å². The van der Waals surface area contributed by atoms with Crippen molar-refractivity contribution in [2.75, 3.05) is 0 Å². The van der Waals surface area contributed by atoms with E-state index in [1.165, 1.54) is 41.1 Å².